The number of amides is 1. The fourth-order valence-corrected chi connectivity index (χ4v) is 4.23. The van der Waals surface area contributed by atoms with Gasteiger partial charge in [0.2, 0.25) is 5.91 Å². The second-order valence-corrected chi connectivity index (χ2v) is 8.84. The van der Waals surface area contributed by atoms with Crippen molar-refractivity contribution in [3.05, 3.63) is 76.5 Å². The molecule has 0 bridgehead atoms. The SMILES string of the molecule is CC(C)c1ccc(CN(C(=O)Cc2csc(-c3cccc(F)c3)n2)C2CC2)cc1. The molecule has 1 aliphatic rings. The molecule has 3 nitrogen and oxygen atoms in total. The standard InChI is InChI=1S/C24H25FN2OS/c1-16(2)18-8-6-17(7-9-18)14-27(22-10-11-22)23(28)13-21-15-29-24(26-21)19-4-3-5-20(25)12-19/h3-9,12,15-16,22H,10-11,13-14H2,1-2H3. The van der Waals surface area contributed by atoms with Crippen LogP contribution in [0.2, 0.25) is 0 Å². The Balaban J connectivity index is 1.44. The Kier molecular flexibility index (Phi) is 5.76. The summed E-state index contributed by atoms with van der Waals surface area (Å²) in [7, 11) is 0. The normalized spacial score (nSPS) is 13.7. The average molecular weight is 409 g/mol. The summed E-state index contributed by atoms with van der Waals surface area (Å²) in [5.74, 6) is 0.331. The maximum Gasteiger partial charge on any atom is 0.229 e. The molecule has 1 aliphatic carbocycles. The molecule has 1 saturated carbocycles. The Hall–Kier alpha value is -2.53. The molecule has 2 aromatic carbocycles. The van der Waals surface area contributed by atoms with Gasteiger partial charge in [-0.1, -0.05) is 50.2 Å². The van der Waals surface area contributed by atoms with Crippen LogP contribution in [0.15, 0.2) is 53.9 Å². The molecule has 0 aliphatic heterocycles. The highest BCUT2D eigenvalue weighted by molar-refractivity contribution is 7.13. The number of halogens is 1. The minimum absolute atomic E-state index is 0.108. The number of benzene rings is 2. The molecule has 0 N–H and O–H groups in total. The van der Waals surface area contributed by atoms with Crippen molar-refractivity contribution < 1.29 is 9.18 Å². The highest BCUT2D eigenvalue weighted by atomic mass is 32.1. The molecule has 150 valence electrons. The molecule has 3 aromatic rings. The molecule has 29 heavy (non-hydrogen) atoms. The van der Waals surface area contributed by atoms with Gasteiger partial charge in [-0.2, -0.15) is 0 Å². The molecule has 4 rings (SSSR count). The summed E-state index contributed by atoms with van der Waals surface area (Å²) in [6, 6.07) is 15.3. The fourth-order valence-electron chi connectivity index (χ4n) is 3.41. The third-order valence-electron chi connectivity index (χ3n) is 5.26. The second-order valence-electron chi connectivity index (χ2n) is 7.98. The van der Waals surface area contributed by atoms with E-state index in [1.165, 1.54) is 29.0 Å². The number of hydrogen-bond acceptors (Lipinski definition) is 3. The van der Waals surface area contributed by atoms with Crippen molar-refractivity contribution in [1.82, 2.24) is 9.88 Å². The zero-order valence-corrected chi connectivity index (χ0v) is 17.6. The van der Waals surface area contributed by atoms with Gasteiger partial charge >= 0.3 is 0 Å². The minimum Gasteiger partial charge on any atom is -0.335 e. The first-order valence-corrected chi connectivity index (χ1v) is 11.0. The number of rotatable bonds is 7. The summed E-state index contributed by atoms with van der Waals surface area (Å²) >= 11 is 1.45. The van der Waals surface area contributed by atoms with Crippen molar-refractivity contribution in [2.24, 2.45) is 0 Å². The van der Waals surface area contributed by atoms with Crippen molar-refractivity contribution >= 4 is 17.2 Å². The lowest BCUT2D eigenvalue weighted by Crippen LogP contribution is -2.33. The predicted octanol–water partition coefficient (Wildman–Crippen LogP) is 5.81. The number of carbonyl (C=O) groups is 1. The molecule has 1 aromatic heterocycles. The van der Waals surface area contributed by atoms with Crippen molar-refractivity contribution in [3.8, 4) is 10.6 Å². The third-order valence-corrected chi connectivity index (χ3v) is 6.20. The largest absolute Gasteiger partial charge is 0.335 e. The highest BCUT2D eigenvalue weighted by Crippen LogP contribution is 2.30. The number of thiazole rings is 1. The summed E-state index contributed by atoms with van der Waals surface area (Å²) in [4.78, 5) is 19.6. The molecular formula is C24H25FN2OS. The van der Waals surface area contributed by atoms with Gasteiger partial charge in [0.1, 0.15) is 10.8 Å². The van der Waals surface area contributed by atoms with Crippen LogP contribution >= 0.6 is 11.3 Å². The monoisotopic (exact) mass is 408 g/mol. The van der Waals surface area contributed by atoms with Crippen molar-refractivity contribution in [1.29, 1.82) is 0 Å². The van der Waals surface area contributed by atoms with Crippen LogP contribution in [-0.2, 0) is 17.8 Å². The van der Waals surface area contributed by atoms with Crippen LogP contribution < -0.4 is 0 Å². The van der Waals surface area contributed by atoms with Gasteiger partial charge < -0.3 is 4.90 Å². The van der Waals surface area contributed by atoms with Gasteiger partial charge in [-0.25, -0.2) is 9.37 Å². The Morgan fingerprint density at radius 1 is 1.21 bits per heavy atom. The Labute approximate surface area is 175 Å². The zero-order chi connectivity index (χ0) is 20.4. The van der Waals surface area contributed by atoms with E-state index >= 15 is 0 Å². The van der Waals surface area contributed by atoms with Gasteiger partial charge in [0.05, 0.1) is 12.1 Å². The lowest BCUT2D eigenvalue weighted by atomic mass is 10.0. The van der Waals surface area contributed by atoms with Gasteiger partial charge in [-0.05, 0) is 42.0 Å². The molecule has 1 fully saturated rings. The van der Waals surface area contributed by atoms with Crippen molar-refractivity contribution in [2.45, 2.75) is 51.6 Å². The number of aromatic nitrogens is 1. The van der Waals surface area contributed by atoms with E-state index in [1.54, 1.807) is 6.07 Å². The average Bonchev–Trinajstić information content (AvgIpc) is 3.44. The van der Waals surface area contributed by atoms with Crippen LogP contribution in [0.5, 0.6) is 0 Å². The first-order chi connectivity index (χ1) is 14.0. The Morgan fingerprint density at radius 2 is 1.97 bits per heavy atom. The van der Waals surface area contributed by atoms with Crippen LogP contribution in [-0.4, -0.2) is 21.8 Å². The summed E-state index contributed by atoms with van der Waals surface area (Å²) in [5.41, 5.74) is 3.97. The number of nitrogens with zero attached hydrogens (tertiary/aromatic N) is 2. The first-order valence-electron chi connectivity index (χ1n) is 10.1. The maximum atomic E-state index is 13.5. The molecule has 0 atom stereocenters. The van der Waals surface area contributed by atoms with Gasteiger partial charge in [0, 0.05) is 23.5 Å². The topological polar surface area (TPSA) is 33.2 Å². The molecule has 5 heteroatoms. The van der Waals surface area contributed by atoms with Crippen LogP contribution in [0.25, 0.3) is 10.6 Å². The van der Waals surface area contributed by atoms with Gasteiger partial charge in [0.25, 0.3) is 0 Å². The summed E-state index contributed by atoms with van der Waals surface area (Å²) < 4.78 is 13.5. The summed E-state index contributed by atoms with van der Waals surface area (Å²) in [6.45, 7) is 5.00. The van der Waals surface area contributed by atoms with Gasteiger partial charge in [0.15, 0.2) is 0 Å². The van der Waals surface area contributed by atoms with E-state index in [1.807, 2.05) is 16.3 Å². The van der Waals surface area contributed by atoms with E-state index < -0.39 is 0 Å². The number of carbonyl (C=O) groups excluding carboxylic acids is 1. The predicted molar refractivity (Wildman–Crippen MR) is 115 cm³/mol. The molecule has 0 spiro atoms. The van der Waals surface area contributed by atoms with E-state index in [-0.39, 0.29) is 18.1 Å². The minimum atomic E-state index is -0.279. The fraction of sp³-hybridized carbons (Fsp3) is 0.333. The molecule has 1 heterocycles. The first kappa shape index (κ1) is 19.8. The third kappa shape index (κ3) is 4.91. The van der Waals surface area contributed by atoms with Crippen LogP contribution in [0.4, 0.5) is 4.39 Å². The second kappa shape index (κ2) is 8.46. The molecule has 1 amide bonds. The Morgan fingerprint density at radius 3 is 2.62 bits per heavy atom. The number of hydrogen-bond donors (Lipinski definition) is 0. The zero-order valence-electron chi connectivity index (χ0n) is 16.8. The van der Waals surface area contributed by atoms with E-state index in [4.69, 9.17) is 0 Å². The van der Waals surface area contributed by atoms with Crippen LogP contribution in [0, 0.1) is 5.82 Å². The van der Waals surface area contributed by atoms with E-state index in [0.29, 0.717) is 18.5 Å². The quantitative estimate of drug-likeness (QED) is 0.494. The molecular weight excluding hydrogens is 383 g/mol. The van der Waals surface area contributed by atoms with E-state index in [9.17, 15) is 9.18 Å². The van der Waals surface area contributed by atoms with Crippen molar-refractivity contribution in [2.75, 3.05) is 0 Å². The lowest BCUT2D eigenvalue weighted by molar-refractivity contribution is -0.131. The van der Waals surface area contributed by atoms with Gasteiger partial charge in [-0.15, -0.1) is 11.3 Å². The lowest BCUT2D eigenvalue weighted by Gasteiger charge is -2.22. The van der Waals surface area contributed by atoms with E-state index in [2.05, 4.69) is 43.1 Å². The molecule has 0 saturated heterocycles. The highest BCUT2D eigenvalue weighted by Gasteiger charge is 2.32. The molecule has 0 unspecified atom stereocenters. The van der Waals surface area contributed by atoms with Crippen LogP contribution in [0.3, 0.4) is 0 Å². The summed E-state index contributed by atoms with van der Waals surface area (Å²) in [6.07, 6.45) is 2.43. The molecule has 0 radical (unpaired) electrons. The van der Waals surface area contributed by atoms with Crippen molar-refractivity contribution in [3.63, 3.8) is 0 Å². The van der Waals surface area contributed by atoms with Gasteiger partial charge in [-0.3, -0.25) is 4.79 Å². The Bertz CT molecular complexity index is 992. The smallest absolute Gasteiger partial charge is 0.229 e. The van der Waals surface area contributed by atoms with E-state index in [0.717, 1.165) is 34.7 Å². The summed E-state index contributed by atoms with van der Waals surface area (Å²) in [5, 5.41) is 2.65. The maximum absolute atomic E-state index is 13.5. The van der Waals surface area contributed by atoms with Crippen LogP contribution in [0.1, 0.15) is 49.4 Å².